The Morgan fingerprint density at radius 2 is 2.31 bits per heavy atom. The molecule has 0 saturated heterocycles. The highest BCUT2D eigenvalue weighted by atomic mass is 19.1. The Morgan fingerprint density at radius 1 is 1.54 bits per heavy atom. The maximum atomic E-state index is 13.1. The second-order valence-electron chi connectivity index (χ2n) is 2.93. The molecular formula is C9H9FN2O. The number of rotatable bonds is 1. The van der Waals surface area contributed by atoms with Crippen molar-refractivity contribution in [3.05, 3.63) is 29.8 Å². The largest absolute Gasteiger partial charge is 0.385 e. The van der Waals surface area contributed by atoms with E-state index in [-0.39, 0.29) is 11.3 Å². The monoisotopic (exact) mass is 180 g/mol. The van der Waals surface area contributed by atoms with E-state index < -0.39 is 6.10 Å². The van der Waals surface area contributed by atoms with Gasteiger partial charge in [-0.25, -0.2) is 9.37 Å². The number of aliphatic hydroxyl groups excluding tert-OH is 1. The number of para-hydroxylation sites is 1. The third-order valence-corrected chi connectivity index (χ3v) is 1.88. The lowest BCUT2D eigenvalue weighted by Gasteiger charge is -1.95. The predicted molar refractivity (Wildman–Crippen MR) is 46.7 cm³/mol. The third-order valence-electron chi connectivity index (χ3n) is 1.88. The van der Waals surface area contributed by atoms with Crippen LogP contribution in [0.3, 0.4) is 0 Å². The molecule has 4 heteroatoms. The maximum absolute atomic E-state index is 13.1. The summed E-state index contributed by atoms with van der Waals surface area (Å²) in [7, 11) is 0. The summed E-state index contributed by atoms with van der Waals surface area (Å²) in [5.74, 6) is 0.0146. The highest BCUT2D eigenvalue weighted by Gasteiger charge is 2.09. The lowest BCUT2D eigenvalue weighted by Crippen LogP contribution is -1.92. The number of imidazole rings is 1. The molecule has 1 heterocycles. The minimum atomic E-state index is -0.702. The van der Waals surface area contributed by atoms with Gasteiger partial charge in [0.2, 0.25) is 0 Å². The summed E-state index contributed by atoms with van der Waals surface area (Å²) in [4.78, 5) is 6.77. The number of hydrogen-bond acceptors (Lipinski definition) is 2. The van der Waals surface area contributed by atoms with Crippen LogP contribution in [0.5, 0.6) is 0 Å². The molecule has 3 nitrogen and oxygen atoms in total. The third kappa shape index (κ3) is 1.29. The van der Waals surface area contributed by atoms with Gasteiger partial charge in [0.05, 0.1) is 5.52 Å². The minimum absolute atomic E-state index is 0.276. The Bertz CT molecular complexity index is 436. The van der Waals surface area contributed by atoms with Gasteiger partial charge < -0.3 is 10.1 Å². The summed E-state index contributed by atoms with van der Waals surface area (Å²) < 4.78 is 13.1. The van der Waals surface area contributed by atoms with Crippen LogP contribution in [0.15, 0.2) is 18.2 Å². The van der Waals surface area contributed by atoms with Crippen LogP contribution in [0.2, 0.25) is 0 Å². The fourth-order valence-electron chi connectivity index (χ4n) is 1.21. The van der Waals surface area contributed by atoms with Crippen molar-refractivity contribution >= 4 is 11.0 Å². The average Bonchev–Trinajstić information content (AvgIpc) is 2.49. The lowest BCUT2D eigenvalue weighted by atomic mass is 10.3. The highest BCUT2D eigenvalue weighted by molar-refractivity contribution is 5.75. The number of halogens is 1. The van der Waals surface area contributed by atoms with Crippen molar-refractivity contribution in [2.45, 2.75) is 13.0 Å². The topological polar surface area (TPSA) is 48.9 Å². The number of aromatic amines is 1. The number of fused-ring (bicyclic) bond motifs is 1. The van der Waals surface area contributed by atoms with Crippen molar-refractivity contribution in [3.63, 3.8) is 0 Å². The first kappa shape index (κ1) is 8.19. The highest BCUT2D eigenvalue weighted by Crippen LogP contribution is 2.17. The number of hydrogen-bond donors (Lipinski definition) is 2. The molecule has 1 aromatic heterocycles. The number of aromatic nitrogens is 2. The second-order valence-corrected chi connectivity index (χ2v) is 2.93. The number of benzene rings is 1. The van der Waals surface area contributed by atoms with Crippen molar-refractivity contribution in [3.8, 4) is 0 Å². The molecule has 0 bridgehead atoms. The Balaban J connectivity index is 2.68. The van der Waals surface area contributed by atoms with Crippen molar-refractivity contribution in [1.82, 2.24) is 9.97 Å². The van der Waals surface area contributed by atoms with Crippen molar-refractivity contribution in [1.29, 1.82) is 0 Å². The number of H-pyrrole nitrogens is 1. The van der Waals surface area contributed by atoms with E-state index in [9.17, 15) is 9.50 Å². The Kier molecular flexibility index (Phi) is 1.77. The van der Waals surface area contributed by atoms with Gasteiger partial charge in [-0.1, -0.05) is 6.07 Å². The molecule has 0 radical (unpaired) electrons. The van der Waals surface area contributed by atoms with E-state index >= 15 is 0 Å². The molecule has 2 aromatic rings. The van der Waals surface area contributed by atoms with Gasteiger partial charge in [0.15, 0.2) is 5.82 Å². The molecular weight excluding hydrogens is 171 g/mol. The number of nitrogens with one attached hydrogen (secondary N) is 1. The van der Waals surface area contributed by atoms with E-state index in [1.807, 2.05) is 0 Å². The van der Waals surface area contributed by atoms with E-state index in [0.29, 0.717) is 11.3 Å². The van der Waals surface area contributed by atoms with Crippen molar-refractivity contribution in [2.24, 2.45) is 0 Å². The quantitative estimate of drug-likeness (QED) is 0.702. The van der Waals surface area contributed by atoms with Gasteiger partial charge in [-0.15, -0.1) is 0 Å². The molecule has 1 unspecified atom stereocenters. The molecule has 13 heavy (non-hydrogen) atoms. The first-order chi connectivity index (χ1) is 6.18. The first-order valence-corrected chi connectivity index (χ1v) is 4.00. The summed E-state index contributed by atoms with van der Waals surface area (Å²) in [6, 6.07) is 4.66. The minimum Gasteiger partial charge on any atom is -0.385 e. The Hall–Kier alpha value is -1.42. The van der Waals surface area contributed by atoms with Crippen LogP contribution in [0.25, 0.3) is 11.0 Å². The van der Waals surface area contributed by atoms with Gasteiger partial charge >= 0.3 is 0 Å². The van der Waals surface area contributed by atoms with Gasteiger partial charge in [-0.2, -0.15) is 0 Å². The Morgan fingerprint density at radius 3 is 2.92 bits per heavy atom. The predicted octanol–water partition coefficient (Wildman–Crippen LogP) is 1.76. The Labute approximate surface area is 74.2 Å². The zero-order valence-corrected chi connectivity index (χ0v) is 7.08. The van der Waals surface area contributed by atoms with E-state index in [1.54, 1.807) is 19.1 Å². The summed E-state index contributed by atoms with van der Waals surface area (Å²) in [5.41, 5.74) is 0.884. The van der Waals surface area contributed by atoms with Crippen molar-refractivity contribution in [2.75, 3.05) is 0 Å². The van der Waals surface area contributed by atoms with Crippen LogP contribution < -0.4 is 0 Å². The van der Waals surface area contributed by atoms with E-state index in [1.165, 1.54) is 6.07 Å². The fraction of sp³-hybridized carbons (Fsp3) is 0.222. The molecule has 0 aliphatic heterocycles. The normalized spacial score (nSPS) is 13.5. The smallest absolute Gasteiger partial charge is 0.151 e. The maximum Gasteiger partial charge on any atom is 0.151 e. The van der Waals surface area contributed by atoms with E-state index in [4.69, 9.17) is 0 Å². The lowest BCUT2D eigenvalue weighted by molar-refractivity contribution is 0.190. The van der Waals surface area contributed by atoms with Gasteiger partial charge in [0.25, 0.3) is 0 Å². The van der Waals surface area contributed by atoms with Gasteiger partial charge in [-0.3, -0.25) is 0 Å². The van der Waals surface area contributed by atoms with E-state index in [0.717, 1.165) is 0 Å². The SMILES string of the molecule is CC(O)c1nc2c(F)cccc2[nH]1. The molecule has 0 fully saturated rings. The number of nitrogens with zero attached hydrogens (tertiary/aromatic N) is 1. The molecule has 0 saturated carbocycles. The average molecular weight is 180 g/mol. The van der Waals surface area contributed by atoms with Crippen LogP contribution >= 0.6 is 0 Å². The molecule has 2 N–H and O–H groups in total. The van der Waals surface area contributed by atoms with Crippen LogP contribution in [0, 0.1) is 5.82 Å². The molecule has 0 spiro atoms. The van der Waals surface area contributed by atoms with Crippen LogP contribution in [0.1, 0.15) is 18.9 Å². The van der Waals surface area contributed by atoms with Crippen LogP contribution in [-0.4, -0.2) is 15.1 Å². The van der Waals surface area contributed by atoms with Crippen molar-refractivity contribution < 1.29 is 9.50 Å². The molecule has 68 valence electrons. The van der Waals surface area contributed by atoms with E-state index in [2.05, 4.69) is 9.97 Å². The van der Waals surface area contributed by atoms with Gasteiger partial charge in [0, 0.05) is 0 Å². The fourth-order valence-corrected chi connectivity index (χ4v) is 1.21. The number of aliphatic hydroxyl groups is 1. The molecule has 2 rings (SSSR count). The molecule has 0 amide bonds. The molecule has 0 aliphatic carbocycles. The van der Waals surface area contributed by atoms with Gasteiger partial charge in [0.1, 0.15) is 17.4 Å². The molecule has 0 aliphatic rings. The molecule has 1 atom stereocenters. The van der Waals surface area contributed by atoms with Crippen LogP contribution in [0.4, 0.5) is 4.39 Å². The summed E-state index contributed by atoms with van der Waals surface area (Å²) in [6.07, 6.45) is -0.702. The van der Waals surface area contributed by atoms with Crippen LogP contribution in [-0.2, 0) is 0 Å². The standard InChI is InChI=1S/C9H9FN2O/c1-5(13)9-11-7-4-2-3-6(10)8(7)12-9/h2-5,13H,1H3,(H,11,12). The first-order valence-electron chi connectivity index (χ1n) is 4.00. The zero-order chi connectivity index (χ0) is 9.42. The zero-order valence-electron chi connectivity index (χ0n) is 7.08. The summed E-state index contributed by atoms with van der Waals surface area (Å²) >= 11 is 0. The molecule has 1 aromatic carbocycles. The summed E-state index contributed by atoms with van der Waals surface area (Å²) in [5, 5.41) is 9.20. The second kappa shape index (κ2) is 2.81. The van der Waals surface area contributed by atoms with Gasteiger partial charge in [-0.05, 0) is 19.1 Å². The summed E-state index contributed by atoms with van der Waals surface area (Å²) in [6.45, 7) is 1.58.